The van der Waals surface area contributed by atoms with Crippen LogP contribution < -0.4 is 0 Å². The van der Waals surface area contributed by atoms with Crippen molar-refractivity contribution < 1.29 is 9.59 Å². The van der Waals surface area contributed by atoms with E-state index in [9.17, 15) is 9.59 Å². The van der Waals surface area contributed by atoms with Crippen molar-refractivity contribution >= 4 is 11.6 Å². The second kappa shape index (κ2) is 4.70. The molecule has 0 aliphatic heterocycles. The van der Waals surface area contributed by atoms with Gasteiger partial charge in [0.2, 0.25) is 0 Å². The molecule has 0 N–H and O–H groups in total. The summed E-state index contributed by atoms with van der Waals surface area (Å²) in [5.74, 6) is -0.526. The van der Waals surface area contributed by atoms with Gasteiger partial charge in [0.25, 0.3) is 0 Å². The lowest BCUT2D eigenvalue weighted by Crippen LogP contribution is -2.12. The van der Waals surface area contributed by atoms with Gasteiger partial charge in [-0.05, 0) is 11.5 Å². The van der Waals surface area contributed by atoms with E-state index < -0.39 is 0 Å². The van der Waals surface area contributed by atoms with E-state index in [2.05, 4.69) is 0 Å². The predicted octanol–water partition coefficient (Wildman–Crippen LogP) is 2.34. The molecule has 0 aromatic heterocycles. The smallest absolute Gasteiger partial charge is 0.198 e. The van der Waals surface area contributed by atoms with E-state index in [1.54, 1.807) is 0 Å². The Morgan fingerprint density at radius 2 is 1.79 bits per heavy atom. The molecule has 0 bridgehead atoms. The predicted molar refractivity (Wildman–Crippen MR) is 55.2 cm³/mol. The van der Waals surface area contributed by atoms with Crippen LogP contribution in [0.25, 0.3) is 0 Å². The molecule has 0 amide bonds. The minimum absolute atomic E-state index is 0.118. The first-order valence-electron chi connectivity index (χ1n) is 4.70. The maximum absolute atomic E-state index is 11.2. The summed E-state index contributed by atoms with van der Waals surface area (Å²) in [5.41, 5.74) is 1.10. The standard InChI is InChI=1S/C12H14O2/c1-9(8-12(14)10(2)13)11-6-4-3-5-7-11/h3-7,9H,8H2,1-2H3. The van der Waals surface area contributed by atoms with Gasteiger partial charge in [-0.3, -0.25) is 9.59 Å². The summed E-state index contributed by atoms with van der Waals surface area (Å²) in [7, 11) is 0. The van der Waals surface area contributed by atoms with Crippen LogP contribution in [-0.4, -0.2) is 11.6 Å². The molecule has 0 spiro atoms. The van der Waals surface area contributed by atoms with Gasteiger partial charge in [-0.25, -0.2) is 0 Å². The van der Waals surface area contributed by atoms with Gasteiger partial charge in [0.05, 0.1) is 0 Å². The number of ketones is 2. The van der Waals surface area contributed by atoms with Crippen LogP contribution in [0.2, 0.25) is 0 Å². The van der Waals surface area contributed by atoms with Gasteiger partial charge in [-0.15, -0.1) is 0 Å². The fourth-order valence-corrected chi connectivity index (χ4v) is 1.32. The molecule has 0 saturated carbocycles. The second-order valence-corrected chi connectivity index (χ2v) is 3.50. The Hall–Kier alpha value is -1.44. The highest BCUT2D eigenvalue weighted by Crippen LogP contribution is 2.18. The summed E-state index contributed by atoms with van der Waals surface area (Å²) in [4.78, 5) is 21.9. The van der Waals surface area contributed by atoms with Crippen molar-refractivity contribution in [2.45, 2.75) is 26.2 Å². The van der Waals surface area contributed by atoms with Gasteiger partial charge in [0, 0.05) is 13.3 Å². The quantitative estimate of drug-likeness (QED) is 0.683. The van der Waals surface area contributed by atoms with E-state index in [1.165, 1.54) is 6.92 Å². The number of carbonyl (C=O) groups excluding carboxylic acids is 2. The second-order valence-electron chi connectivity index (χ2n) is 3.50. The van der Waals surface area contributed by atoms with Gasteiger partial charge >= 0.3 is 0 Å². The monoisotopic (exact) mass is 190 g/mol. The summed E-state index contributed by atoms with van der Waals surface area (Å²) >= 11 is 0. The maximum atomic E-state index is 11.2. The van der Waals surface area contributed by atoms with E-state index in [0.29, 0.717) is 6.42 Å². The Morgan fingerprint density at radius 3 is 2.29 bits per heavy atom. The van der Waals surface area contributed by atoms with Gasteiger partial charge < -0.3 is 0 Å². The van der Waals surface area contributed by atoms with Crippen molar-refractivity contribution in [2.75, 3.05) is 0 Å². The molecule has 2 heteroatoms. The summed E-state index contributed by atoms with van der Waals surface area (Å²) in [5, 5.41) is 0. The van der Waals surface area contributed by atoms with Crippen LogP contribution in [0.5, 0.6) is 0 Å². The summed E-state index contributed by atoms with van der Waals surface area (Å²) < 4.78 is 0. The number of rotatable bonds is 4. The van der Waals surface area contributed by atoms with Crippen molar-refractivity contribution in [3.63, 3.8) is 0 Å². The molecular formula is C12H14O2. The van der Waals surface area contributed by atoms with E-state index in [4.69, 9.17) is 0 Å². The molecule has 14 heavy (non-hydrogen) atoms. The SMILES string of the molecule is CC(=O)C(=O)CC(C)c1ccccc1. The van der Waals surface area contributed by atoms with Crippen LogP contribution in [0, 0.1) is 0 Å². The first kappa shape index (κ1) is 10.6. The molecule has 1 unspecified atom stereocenters. The molecule has 0 heterocycles. The lowest BCUT2D eigenvalue weighted by atomic mass is 9.95. The summed E-state index contributed by atoms with van der Waals surface area (Å²) in [6, 6.07) is 9.74. The Kier molecular flexibility index (Phi) is 3.57. The number of hydrogen-bond donors (Lipinski definition) is 0. The van der Waals surface area contributed by atoms with Gasteiger partial charge in [0.15, 0.2) is 11.6 Å². The average Bonchev–Trinajstić information content (AvgIpc) is 2.19. The van der Waals surface area contributed by atoms with Crippen molar-refractivity contribution in [1.82, 2.24) is 0 Å². The molecule has 0 aliphatic carbocycles. The number of benzene rings is 1. The Labute approximate surface area is 83.9 Å². The van der Waals surface area contributed by atoms with Crippen molar-refractivity contribution in [1.29, 1.82) is 0 Å². The van der Waals surface area contributed by atoms with E-state index in [-0.39, 0.29) is 17.5 Å². The van der Waals surface area contributed by atoms with E-state index in [1.807, 2.05) is 37.3 Å². The Bertz CT molecular complexity index is 327. The summed E-state index contributed by atoms with van der Waals surface area (Å²) in [6.07, 6.45) is 0.305. The normalized spacial score (nSPS) is 12.1. The van der Waals surface area contributed by atoms with Crippen LogP contribution in [0.15, 0.2) is 30.3 Å². The van der Waals surface area contributed by atoms with Crippen LogP contribution in [0.3, 0.4) is 0 Å². The molecule has 0 fully saturated rings. The zero-order valence-electron chi connectivity index (χ0n) is 8.49. The van der Waals surface area contributed by atoms with Crippen LogP contribution >= 0.6 is 0 Å². The summed E-state index contributed by atoms with van der Waals surface area (Å²) in [6.45, 7) is 3.27. The Morgan fingerprint density at radius 1 is 1.21 bits per heavy atom. The molecule has 1 aromatic carbocycles. The van der Waals surface area contributed by atoms with Crippen molar-refractivity contribution in [3.8, 4) is 0 Å². The van der Waals surface area contributed by atoms with Gasteiger partial charge in [-0.2, -0.15) is 0 Å². The fraction of sp³-hybridized carbons (Fsp3) is 0.333. The first-order chi connectivity index (χ1) is 6.61. The minimum atomic E-state index is -0.354. The highest BCUT2D eigenvalue weighted by atomic mass is 16.2. The molecule has 0 saturated heterocycles. The van der Waals surface area contributed by atoms with E-state index in [0.717, 1.165) is 5.56 Å². The topological polar surface area (TPSA) is 34.1 Å². The molecule has 2 nitrogen and oxygen atoms in total. The van der Waals surface area contributed by atoms with Gasteiger partial charge in [0.1, 0.15) is 0 Å². The Balaban J connectivity index is 2.64. The lowest BCUT2D eigenvalue weighted by molar-refractivity contribution is -0.135. The molecule has 0 radical (unpaired) electrons. The molecule has 1 atom stereocenters. The third-order valence-electron chi connectivity index (χ3n) is 2.25. The van der Waals surface area contributed by atoms with Crippen molar-refractivity contribution in [3.05, 3.63) is 35.9 Å². The largest absolute Gasteiger partial charge is 0.291 e. The average molecular weight is 190 g/mol. The first-order valence-corrected chi connectivity index (χ1v) is 4.70. The highest BCUT2D eigenvalue weighted by Gasteiger charge is 2.13. The zero-order chi connectivity index (χ0) is 10.6. The number of hydrogen-bond acceptors (Lipinski definition) is 2. The lowest BCUT2D eigenvalue weighted by Gasteiger charge is -2.09. The third kappa shape index (κ3) is 2.80. The molecule has 1 rings (SSSR count). The molecule has 0 aliphatic rings. The molecule has 74 valence electrons. The molecule has 1 aromatic rings. The van der Waals surface area contributed by atoms with Crippen LogP contribution in [0.4, 0.5) is 0 Å². The van der Waals surface area contributed by atoms with Crippen LogP contribution in [-0.2, 0) is 9.59 Å². The minimum Gasteiger partial charge on any atom is -0.291 e. The third-order valence-corrected chi connectivity index (χ3v) is 2.25. The zero-order valence-corrected chi connectivity index (χ0v) is 8.49. The van der Waals surface area contributed by atoms with E-state index >= 15 is 0 Å². The van der Waals surface area contributed by atoms with Gasteiger partial charge in [-0.1, -0.05) is 37.3 Å². The molecular weight excluding hydrogens is 176 g/mol. The number of carbonyl (C=O) groups is 2. The maximum Gasteiger partial charge on any atom is 0.198 e. The fourth-order valence-electron chi connectivity index (χ4n) is 1.32. The van der Waals surface area contributed by atoms with Crippen molar-refractivity contribution in [2.24, 2.45) is 0 Å². The highest BCUT2D eigenvalue weighted by molar-refractivity contribution is 6.36. The van der Waals surface area contributed by atoms with Crippen LogP contribution in [0.1, 0.15) is 31.7 Å². The number of Topliss-reactive ketones (excluding diaryl/α,β-unsaturated/α-hetero) is 2.